The van der Waals surface area contributed by atoms with Crippen molar-refractivity contribution < 1.29 is 14.3 Å². The topological polar surface area (TPSA) is 59.5 Å². The summed E-state index contributed by atoms with van der Waals surface area (Å²) in [4.78, 5) is 30.6. The number of thiazole rings is 1. The lowest BCUT2D eigenvalue weighted by atomic mass is 10.1. The van der Waals surface area contributed by atoms with E-state index in [4.69, 9.17) is 9.72 Å². The van der Waals surface area contributed by atoms with E-state index in [0.717, 1.165) is 26.5 Å². The molecule has 2 aromatic carbocycles. The molecule has 0 aliphatic carbocycles. The fourth-order valence-corrected chi connectivity index (χ4v) is 4.14. The van der Waals surface area contributed by atoms with Gasteiger partial charge < -0.3 is 9.64 Å². The molecular weight excluding hydrogens is 336 g/mol. The maximum atomic E-state index is 12.5. The minimum atomic E-state index is -0.416. The van der Waals surface area contributed by atoms with E-state index in [1.165, 1.54) is 7.11 Å². The van der Waals surface area contributed by atoms with Crippen molar-refractivity contribution in [3.63, 3.8) is 0 Å². The number of amides is 1. The largest absolute Gasteiger partial charge is 0.469 e. The van der Waals surface area contributed by atoms with E-state index in [2.05, 4.69) is 0 Å². The van der Waals surface area contributed by atoms with Gasteiger partial charge in [0.1, 0.15) is 5.01 Å². The number of esters is 1. The van der Waals surface area contributed by atoms with E-state index in [1.54, 1.807) is 16.2 Å². The zero-order valence-electron chi connectivity index (χ0n) is 13.6. The van der Waals surface area contributed by atoms with Crippen molar-refractivity contribution in [1.29, 1.82) is 0 Å². The summed E-state index contributed by atoms with van der Waals surface area (Å²) >= 11 is 1.60. The van der Waals surface area contributed by atoms with E-state index in [0.29, 0.717) is 6.54 Å². The Morgan fingerprint density at radius 1 is 1.20 bits per heavy atom. The molecule has 1 saturated heterocycles. The molecule has 1 aromatic heterocycles. The molecule has 0 radical (unpaired) electrons. The van der Waals surface area contributed by atoms with Gasteiger partial charge in [-0.3, -0.25) is 9.59 Å². The second-order valence-electron chi connectivity index (χ2n) is 5.93. The van der Waals surface area contributed by atoms with Crippen LogP contribution in [0.3, 0.4) is 0 Å². The summed E-state index contributed by atoms with van der Waals surface area (Å²) in [6.45, 7) is 0.341. The third-order valence-electron chi connectivity index (χ3n) is 4.38. The number of para-hydroxylation sites is 2. The van der Waals surface area contributed by atoms with E-state index >= 15 is 0 Å². The number of aromatic nitrogens is 1. The SMILES string of the molecule is COC(=O)C1CC(=O)N(c2ccccc2-c2nc3ccccc3s2)C1. The number of rotatable bonds is 3. The van der Waals surface area contributed by atoms with E-state index in [9.17, 15) is 9.59 Å². The highest BCUT2D eigenvalue weighted by Gasteiger charge is 2.36. The molecule has 1 atom stereocenters. The number of hydrogen-bond donors (Lipinski definition) is 0. The number of carbonyl (C=O) groups is 2. The minimum absolute atomic E-state index is 0.0658. The van der Waals surface area contributed by atoms with Gasteiger partial charge in [0.05, 0.1) is 28.9 Å². The van der Waals surface area contributed by atoms with Gasteiger partial charge in [-0.2, -0.15) is 0 Å². The van der Waals surface area contributed by atoms with E-state index in [1.807, 2.05) is 48.5 Å². The quantitative estimate of drug-likeness (QED) is 0.677. The highest BCUT2D eigenvalue weighted by Crippen LogP contribution is 2.38. The van der Waals surface area contributed by atoms with Gasteiger partial charge in [0.15, 0.2) is 0 Å². The molecule has 2 heterocycles. The summed E-state index contributed by atoms with van der Waals surface area (Å²) in [6.07, 6.45) is 0.181. The van der Waals surface area contributed by atoms with Crippen molar-refractivity contribution in [3.05, 3.63) is 48.5 Å². The lowest BCUT2D eigenvalue weighted by molar-refractivity contribution is -0.145. The Balaban J connectivity index is 1.74. The van der Waals surface area contributed by atoms with Gasteiger partial charge in [-0.25, -0.2) is 4.98 Å². The fraction of sp³-hybridized carbons (Fsp3) is 0.211. The Bertz CT molecular complexity index is 933. The number of fused-ring (bicyclic) bond motifs is 1. The molecule has 1 fully saturated rings. The normalized spacial score (nSPS) is 17.2. The van der Waals surface area contributed by atoms with Crippen molar-refractivity contribution >= 4 is 39.1 Å². The van der Waals surface area contributed by atoms with Crippen molar-refractivity contribution in [1.82, 2.24) is 4.98 Å². The molecule has 0 bridgehead atoms. The van der Waals surface area contributed by atoms with E-state index in [-0.39, 0.29) is 18.3 Å². The zero-order valence-corrected chi connectivity index (χ0v) is 14.5. The van der Waals surface area contributed by atoms with Gasteiger partial charge in [0.25, 0.3) is 0 Å². The highest BCUT2D eigenvalue weighted by atomic mass is 32.1. The molecule has 6 heteroatoms. The van der Waals surface area contributed by atoms with Crippen molar-refractivity contribution in [3.8, 4) is 10.6 Å². The Labute approximate surface area is 148 Å². The average molecular weight is 352 g/mol. The van der Waals surface area contributed by atoms with Crippen LogP contribution in [-0.4, -0.2) is 30.5 Å². The Kier molecular flexibility index (Phi) is 3.97. The summed E-state index contributed by atoms with van der Waals surface area (Å²) in [5.74, 6) is -0.821. The predicted molar refractivity (Wildman–Crippen MR) is 97.5 cm³/mol. The first-order valence-electron chi connectivity index (χ1n) is 8.00. The van der Waals surface area contributed by atoms with Crippen LogP contribution in [0.5, 0.6) is 0 Å². The Morgan fingerprint density at radius 3 is 2.76 bits per heavy atom. The molecule has 1 amide bonds. The van der Waals surface area contributed by atoms with Gasteiger partial charge in [0.2, 0.25) is 5.91 Å². The lowest BCUT2D eigenvalue weighted by Gasteiger charge is -2.19. The van der Waals surface area contributed by atoms with Crippen LogP contribution in [0.15, 0.2) is 48.5 Å². The van der Waals surface area contributed by atoms with Crippen molar-refractivity contribution in [2.24, 2.45) is 5.92 Å². The first kappa shape index (κ1) is 15.8. The molecule has 4 rings (SSSR count). The third-order valence-corrected chi connectivity index (χ3v) is 5.45. The predicted octanol–water partition coefficient (Wildman–Crippen LogP) is 3.49. The average Bonchev–Trinajstić information content (AvgIpc) is 3.24. The van der Waals surface area contributed by atoms with Gasteiger partial charge in [-0.1, -0.05) is 24.3 Å². The molecule has 1 aliphatic heterocycles. The standard InChI is InChI=1S/C19H16N2O3S/c1-24-19(23)12-10-17(22)21(11-12)15-8-4-2-6-13(15)18-20-14-7-3-5-9-16(14)25-18/h2-9,12H,10-11H2,1H3. The second-order valence-corrected chi connectivity index (χ2v) is 6.96. The number of nitrogens with zero attached hydrogens (tertiary/aromatic N) is 2. The molecule has 0 saturated carbocycles. The number of ether oxygens (including phenoxy) is 1. The molecule has 1 unspecified atom stereocenters. The molecule has 0 spiro atoms. The van der Waals surface area contributed by atoms with Crippen LogP contribution in [-0.2, 0) is 14.3 Å². The van der Waals surface area contributed by atoms with Gasteiger partial charge >= 0.3 is 5.97 Å². The van der Waals surface area contributed by atoms with Crippen LogP contribution in [0.25, 0.3) is 20.8 Å². The maximum absolute atomic E-state index is 12.5. The summed E-state index contributed by atoms with van der Waals surface area (Å²) in [6, 6.07) is 15.7. The second kappa shape index (κ2) is 6.29. The number of hydrogen-bond acceptors (Lipinski definition) is 5. The summed E-state index contributed by atoms with van der Waals surface area (Å²) in [7, 11) is 1.35. The maximum Gasteiger partial charge on any atom is 0.311 e. The Morgan fingerprint density at radius 2 is 1.96 bits per heavy atom. The first-order chi connectivity index (χ1) is 12.2. The molecule has 1 aliphatic rings. The zero-order chi connectivity index (χ0) is 17.4. The van der Waals surface area contributed by atoms with Gasteiger partial charge in [-0.15, -0.1) is 11.3 Å². The van der Waals surface area contributed by atoms with Crippen LogP contribution in [0.4, 0.5) is 5.69 Å². The molecule has 126 valence electrons. The number of benzene rings is 2. The minimum Gasteiger partial charge on any atom is -0.469 e. The van der Waals surface area contributed by atoms with Crippen LogP contribution >= 0.6 is 11.3 Å². The molecule has 3 aromatic rings. The molecule has 0 N–H and O–H groups in total. The molecular formula is C19H16N2O3S. The van der Waals surface area contributed by atoms with E-state index < -0.39 is 5.92 Å². The summed E-state index contributed by atoms with van der Waals surface area (Å²) in [5, 5.41) is 0.867. The summed E-state index contributed by atoms with van der Waals surface area (Å²) < 4.78 is 5.90. The number of methoxy groups -OCH3 is 1. The molecule has 25 heavy (non-hydrogen) atoms. The van der Waals surface area contributed by atoms with Crippen molar-refractivity contribution in [2.45, 2.75) is 6.42 Å². The number of carbonyl (C=O) groups excluding carboxylic acids is 2. The third kappa shape index (κ3) is 2.78. The van der Waals surface area contributed by atoms with Crippen molar-refractivity contribution in [2.75, 3.05) is 18.6 Å². The van der Waals surface area contributed by atoms with Crippen LogP contribution in [0, 0.1) is 5.92 Å². The Hall–Kier alpha value is -2.73. The fourth-order valence-electron chi connectivity index (χ4n) is 3.14. The smallest absolute Gasteiger partial charge is 0.311 e. The van der Waals surface area contributed by atoms with Gasteiger partial charge in [-0.05, 0) is 24.3 Å². The molecule has 5 nitrogen and oxygen atoms in total. The summed E-state index contributed by atoms with van der Waals surface area (Å²) in [5.41, 5.74) is 2.64. The van der Waals surface area contributed by atoms with Gasteiger partial charge in [0, 0.05) is 18.5 Å². The number of anilines is 1. The lowest BCUT2D eigenvalue weighted by Crippen LogP contribution is -2.26. The van der Waals surface area contributed by atoms with Crippen LogP contribution < -0.4 is 4.90 Å². The first-order valence-corrected chi connectivity index (χ1v) is 8.82. The van der Waals surface area contributed by atoms with Crippen LogP contribution in [0.1, 0.15) is 6.42 Å². The highest BCUT2D eigenvalue weighted by molar-refractivity contribution is 7.21. The van der Waals surface area contributed by atoms with Crippen LogP contribution in [0.2, 0.25) is 0 Å². The monoisotopic (exact) mass is 352 g/mol.